The molecule has 0 aliphatic rings. The number of benzene rings is 2. The molecule has 5 nitrogen and oxygen atoms in total. The lowest BCUT2D eigenvalue weighted by Gasteiger charge is -2.12. The lowest BCUT2D eigenvalue weighted by molar-refractivity contribution is -0.123. The smallest absolute Gasteiger partial charge is 0.246 e. The van der Waals surface area contributed by atoms with Crippen molar-refractivity contribution in [3.8, 4) is 22.6 Å². The number of rotatable bonds is 6. The van der Waals surface area contributed by atoms with E-state index < -0.39 is 0 Å². The molecule has 2 aromatic carbocycles. The van der Waals surface area contributed by atoms with Crippen LogP contribution in [0, 0.1) is 0 Å². The van der Waals surface area contributed by atoms with Crippen molar-refractivity contribution in [2.24, 2.45) is 0 Å². The molecule has 0 atom stereocenters. The average Bonchev–Trinajstić information content (AvgIpc) is 3.10. The third-order valence-corrected chi connectivity index (χ3v) is 4.58. The monoisotopic (exact) mass is 379 g/mol. The molecule has 0 N–H and O–H groups in total. The van der Waals surface area contributed by atoms with Crippen molar-refractivity contribution in [1.29, 1.82) is 0 Å². The zero-order chi connectivity index (χ0) is 20.3. The Morgan fingerprint density at radius 1 is 1.18 bits per heavy atom. The summed E-state index contributed by atoms with van der Waals surface area (Å²) in [5.74, 6) is 1.43. The molecule has 0 saturated carbocycles. The number of allylic oxidation sites excluding steroid dienone is 1. The first kappa shape index (κ1) is 19.5. The van der Waals surface area contributed by atoms with Crippen LogP contribution in [0.1, 0.15) is 19.4 Å². The Balaban J connectivity index is 2.09. The van der Waals surface area contributed by atoms with E-state index in [1.165, 1.54) is 4.90 Å². The van der Waals surface area contributed by atoms with Gasteiger partial charge >= 0.3 is 0 Å². The van der Waals surface area contributed by atoms with E-state index in [1.54, 1.807) is 33.5 Å². The van der Waals surface area contributed by atoms with Crippen LogP contribution in [0.2, 0.25) is 0 Å². The number of ether oxygens (including phenoxy) is 2. The van der Waals surface area contributed by atoms with Crippen molar-refractivity contribution in [3.05, 3.63) is 54.3 Å². The molecule has 0 radical (unpaired) electrons. The molecule has 28 heavy (non-hydrogen) atoms. The zero-order valence-corrected chi connectivity index (χ0v) is 16.9. The molecule has 0 bridgehead atoms. The number of amides is 1. The molecule has 0 unspecified atom stereocenters. The third kappa shape index (κ3) is 3.88. The van der Waals surface area contributed by atoms with Crippen LogP contribution in [0.3, 0.4) is 0 Å². The van der Waals surface area contributed by atoms with E-state index in [1.807, 2.05) is 50.2 Å². The maximum Gasteiger partial charge on any atom is 0.246 e. The summed E-state index contributed by atoms with van der Waals surface area (Å²) in [6, 6.07) is 11.8. The lowest BCUT2D eigenvalue weighted by Crippen LogP contribution is -2.19. The number of nitrogens with zero attached hydrogens (tertiary/aromatic N) is 1. The Labute approximate surface area is 165 Å². The molecule has 0 aliphatic heterocycles. The van der Waals surface area contributed by atoms with Gasteiger partial charge in [-0.15, -0.1) is 0 Å². The van der Waals surface area contributed by atoms with Gasteiger partial charge in [0.15, 0.2) is 0 Å². The Hall–Kier alpha value is -3.21. The zero-order valence-electron chi connectivity index (χ0n) is 16.9. The van der Waals surface area contributed by atoms with Crippen molar-refractivity contribution in [3.63, 3.8) is 0 Å². The first-order valence-corrected chi connectivity index (χ1v) is 9.17. The second-order valence-electron chi connectivity index (χ2n) is 6.72. The molecule has 3 aromatic rings. The number of fused-ring (bicyclic) bond motifs is 1. The van der Waals surface area contributed by atoms with Gasteiger partial charge in [-0.25, -0.2) is 0 Å². The molecule has 3 rings (SSSR count). The van der Waals surface area contributed by atoms with Gasteiger partial charge in [-0.3, -0.25) is 4.79 Å². The number of furan rings is 1. The van der Waals surface area contributed by atoms with Gasteiger partial charge in [0.25, 0.3) is 0 Å². The van der Waals surface area contributed by atoms with E-state index in [4.69, 9.17) is 13.9 Å². The van der Waals surface area contributed by atoms with Crippen LogP contribution >= 0.6 is 0 Å². The molecule has 1 aromatic heterocycles. The summed E-state index contributed by atoms with van der Waals surface area (Å²) in [5, 5.41) is 0.963. The highest BCUT2D eigenvalue weighted by molar-refractivity contribution is 6.00. The van der Waals surface area contributed by atoms with Gasteiger partial charge in [-0.1, -0.05) is 12.1 Å². The molecular weight excluding hydrogens is 354 g/mol. The molecule has 1 amide bonds. The van der Waals surface area contributed by atoms with Crippen LogP contribution in [0.4, 0.5) is 0 Å². The number of carbonyl (C=O) groups is 1. The number of likely N-dealkylation sites (N-methyl/N-ethyl adjacent to an activating group) is 1. The van der Waals surface area contributed by atoms with Gasteiger partial charge in [-0.2, -0.15) is 0 Å². The Kier molecular flexibility index (Phi) is 5.73. The first-order chi connectivity index (χ1) is 13.4. The largest absolute Gasteiger partial charge is 0.496 e. The highest BCUT2D eigenvalue weighted by Crippen LogP contribution is 2.37. The average molecular weight is 379 g/mol. The van der Waals surface area contributed by atoms with E-state index in [-0.39, 0.29) is 5.91 Å². The molecule has 1 heterocycles. The number of hydrogen-bond donors (Lipinski definition) is 0. The third-order valence-electron chi connectivity index (χ3n) is 4.58. The van der Waals surface area contributed by atoms with Crippen molar-refractivity contribution >= 4 is 22.4 Å². The number of carbonyl (C=O) groups excluding carboxylic acids is 1. The van der Waals surface area contributed by atoms with Crippen molar-refractivity contribution < 1.29 is 18.7 Å². The summed E-state index contributed by atoms with van der Waals surface area (Å²) in [6.07, 6.45) is 3.36. The first-order valence-electron chi connectivity index (χ1n) is 9.17. The molecule has 5 heteroatoms. The minimum Gasteiger partial charge on any atom is -0.496 e. The van der Waals surface area contributed by atoms with Gasteiger partial charge in [-0.05, 0) is 43.2 Å². The van der Waals surface area contributed by atoms with E-state index in [0.29, 0.717) is 12.4 Å². The Bertz CT molecular complexity index is 1010. The maximum absolute atomic E-state index is 12.1. The second kappa shape index (κ2) is 8.21. The van der Waals surface area contributed by atoms with E-state index >= 15 is 0 Å². The van der Waals surface area contributed by atoms with E-state index in [2.05, 4.69) is 0 Å². The van der Waals surface area contributed by atoms with Gasteiger partial charge in [0.2, 0.25) is 5.91 Å². The van der Waals surface area contributed by atoms with Gasteiger partial charge in [0, 0.05) is 42.8 Å². The molecular formula is C23H25NO4. The quantitative estimate of drug-likeness (QED) is 0.566. The predicted octanol–water partition coefficient (Wildman–Crippen LogP) is 5.00. The highest BCUT2D eigenvalue weighted by Gasteiger charge is 2.15. The van der Waals surface area contributed by atoms with Crippen molar-refractivity contribution in [1.82, 2.24) is 4.90 Å². The summed E-state index contributed by atoms with van der Waals surface area (Å²) in [6.45, 7) is 4.50. The maximum atomic E-state index is 12.1. The number of methoxy groups -OCH3 is 1. The van der Waals surface area contributed by atoms with Gasteiger partial charge in [0.1, 0.15) is 17.1 Å². The fourth-order valence-corrected chi connectivity index (χ4v) is 3.05. The molecule has 0 saturated heterocycles. The van der Waals surface area contributed by atoms with Crippen molar-refractivity contribution in [2.45, 2.75) is 13.8 Å². The van der Waals surface area contributed by atoms with E-state index in [9.17, 15) is 4.79 Å². The normalized spacial score (nSPS) is 11.5. The minimum absolute atomic E-state index is 0.0708. The summed E-state index contributed by atoms with van der Waals surface area (Å²) in [4.78, 5) is 13.6. The van der Waals surface area contributed by atoms with Crippen LogP contribution in [-0.2, 0) is 4.79 Å². The van der Waals surface area contributed by atoms with Crippen LogP contribution in [0.5, 0.6) is 11.5 Å². The van der Waals surface area contributed by atoms with Crippen LogP contribution in [0.15, 0.2) is 53.2 Å². The molecule has 146 valence electrons. The van der Waals surface area contributed by atoms with Crippen LogP contribution in [0.25, 0.3) is 27.7 Å². The van der Waals surface area contributed by atoms with Crippen LogP contribution in [-0.4, -0.2) is 38.6 Å². The fourth-order valence-electron chi connectivity index (χ4n) is 3.05. The van der Waals surface area contributed by atoms with Crippen molar-refractivity contribution in [2.75, 3.05) is 27.8 Å². The molecule has 0 spiro atoms. The second-order valence-corrected chi connectivity index (χ2v) is 6.72. The predicted molar refractivity (Wildman–Crippen MR) is 112 cm³/mol. The SMILES string of the molecule is CCOc1ccc(-c2coc3cc(OC)c(/C(C)=C/C(=O)N(C)C)cc23)cc1. The topological polar surface area (TPSA) is 51.9 Å². The number of hydrogen-bond acceptors (Lipinski definition) is 4. The highest BCUT2D eigenvalue weighted by atomic mass is 16.5. The van der Waals surface area contributed by atoms with Gasteiger partial charge < -0.3 is 18.8 Å². The Morgan fingerprint density at radius 2 is 1.89 bits per heavy atom. The van der Waals surface area contributed by atoms with Crippen LogP contribution < -0.4 is 9.47 Å². The Morgan fingerprint density at radius 3 is 2.50 bits per heavy atom. The summed E-state index contributed by atoms with van der Waals surface area (Å²) in [7, 11) is 5.07. The summed E-state index contributed by atoms with van der Waals surface area (Å²) in [5.41, 5.74) is 4.43. The minimum atomic E-state index is -0.0708. The molecule has 0 fully saturated rings. The van der Waals surface area contributed by atoms with Gasteiger partial charge in [0.05, 0.1) is 20.0 Å². The summed E-state index contributed by atoms with van der Waals surface area (Å²) >= 11 is 0. The van der Waals surface area contributed by atoms with E-state index in [0.717, 1.165) is 39.0 Å². The fraction of sp³-hybridized carbons (Fsp3) is 0.261. The summed E-state index contributed by atoms with van der Waals surface area (Å²) < 4.78 is 16.8. The lowest BCUT2D eigenvalue weighted by atomic mass is 9.99. The molecule has 0 aliphatic carbocycles. The standard InChI is InChI=1S/C23H25NO4/c1-6-27-17-9-7-16(8-10-17)20-14-28-22-13-21(26-5)18(12-19(20)22)15(2)11-23(25)24(3)4/h7-14H,6H2,1-5H3/b15-11+.